The molecule has 0 bridgehead atoms. The van der Waals surface area contributed by atoms with Crippen LogP contribution in [0.1, 0.15) is 19.4 Å². The zero-order valence-corrected chi connectivity index (χ0v) is 16.2. The highest BCUT2D eigenvalue weighted by atomic mass is 35.5. The predicted octanol–water partition coefficient (Wildman–Crippen LogP) is 4.28. The molecule has 2 aromatic rings. The lowest BCUT2D eigenvalue weighted by Gasteiger charge is -2.23. The zero-order chi connectivity index (χ0) is 19.3. The minimum Gasteiger partial charge on any atom is -0.495 e. The van der Waals surface area contributed by atoms with Crippen molar-refractivity contribution < 1.29 is 14.3 Å². The summed E-state index contributed by atoms with van der Waals surface area (Å²) in [6.07, 6.45) is 0. The maximum absolute atomic E-state index is 12.6. The number of carbonyl (C=O) groups is 2. The van der Waals surface area contributed by atoms with E-state index in [1.54, 1.807) is 38.1 Å². The summed E-state index contributed by atoms with van der Waals surface area (Å²) in [4.78, 5) is 25.2. The van der Waals surface area contributed by atoms with Gasteiger partial charge in [-0.3, -0.25) is 9.59 Å². The standard InChI is InChI=1S/C19H20Cl2N2O3/c1-19(2,17(24)22-11-12-6-4-5-7-14(12)21)18(25)23-15-10-13(20)8-9-16(15)26-3/h4-10H,11H2,1-3H3,(H,22,24)(H,23,25). The van der Waals surface area contributed by atoms with Gasteiger partial charge in [-0.2, -0.15) is 0 Å². The summed E-state index contributed by atoms with van der Waals surface area (Å²) in [7, 11) is 1.49. The summed E-state index contributed by atoms with van der Waals surface area (Å²) in [6.45, 7) is 3.32. The fourth-order valence-electron chi connectivity index (χ4n) is 2.20. The number of halogens is 2. The third kappa shape index (κ3) is 4.68. The molecule has 0 atom stereocenters. The average Bonchev–Trinajstić information content (AvgIpc) is 2.60. The van der Waals surface area contributed by atoms with E-state index >= 15 is 0 Å². The molecule has 138 valence electrons. The van der Waals surface area contributed by atoms with Crippen LogP contribution in [0.15, 0.2) is 42.5 Å². The second kappa shape index (κ2) is 8.43. The highest BCUT2D eigenvalue weighted by Gasteiger charge is 2.36. The third-order valence-corrected chi connectivity index (χ3v) is 4.55. The van der Waals surface area contributed by atoms with Gasteiger partial charge in [-0.1, -0.05) is 41.4 Å². The number of benzene rings is 2. The minimum atomic E-state index is -1.31. The number of amides is 2. The van der Waals surface area contributed by atoms with Gasteiger partial charge in [-0.25, -0.2) is 0 Å². The second-order valence-corrected chi connectivity index (χ2v) is 7.04. The Balaban J connectivity index is 2.08. The van der Waals surface area contributed by atoms with E-state index in [-0.39, 0.29) is 6.54 Å². The summed E-state index contributed by atoms with van der Waals surface area (Å²) in [5.74, 6) is -0.444. The molecule has 0 unspecified atom stereocenters. The van der Waals surface area contributed by atoms with Gasteiger partial charge in [0.1, 0.15) is 11.2 Å². The first kappa shape index (κ1) is 20.1. The summed E-state index contributed by atoms with van der Waals surface area (Å²) in [5.41, 5.74) is -0.138. The van der Waals surface area contributed by atoms with Gasteiger partial charge >= 0.3 is 0 Å². The Morgan fingerprint density at radius 3 is 2.42 bits per heavy atom. The van der Waals surface area contributed by atoms with Crippen molar-refractivity contribution >= 4 is 40.7 Å². The van der Waals surface area contributed by atoms with Gasteiger partial charge in [0.2, 0.25) is 11.8 Å². The van der Waals surface area contributed by atoms with Crippen LogP contribution >= 0.6 is 23.2 Å². The molecule has 0 aliphatic carbocycles. The maximum Gasteiger partial charge on any atom is 0.239 e. The summed E-state index contributed by atoms with van der Waals surface area (Å²) >= 11 is 12.1. The average molecular weight is 395 g/mol. The topological polar surface area (TPSA) is 67.4 Å². The summed E-state index contributed by atoms with van der Waals surface area (Å²) < 4.78 is 5.20. The Kier molecular flexibility index (Phi) is 6.51. The van der Waals surface area contributed by atoms with E-state index in [1.807, 2.05) is 18.2 Å². The Morgan fingerprint density at radius 2 is 1.77 bits per heavy atom. The van der Waals surface area contributed by atoms with Crippen LogP contribution in [0.25, 0.3) is 0 Å². The molecule has 7 heteroatoms. The molecule has 0 saturated heterocycles. The van der Waals surface area contributed by atoms with E-state index in [9.17, 15) is 9.59 Å². The van der Waals surface area contributed by atoms with Crippen LogP contribution in [0.2, 0.25) is 10.0 Å². The van der Waals surface area contributed by atoms with E-state index in [0.717, 1.165) is 5.56 Å². The number of methoxy groups -OCH3 is 1. The molecule has 0 saturated carbocycles. The predicted molar refractivity (Wildman–Crippen MR) is 104 cm³/mol. The smallest absolute Gasteiger partial charge is 0.239 e. The van der Waals surface area contributed by atoms with Crippen molar-refractivity contribution in [3.63, 3.8) is 0 Å². The van der Waals surface area contributed by atoms with Crippen LogP contribution in [0.3, 0.4) is 0 Å². The molecule has 0 aromatic heterocycles. The van der Waals surface area contributed by atoms with Gasteiger partial charge in [0.15, 0.2) is 0 Å². The molecular formula is C19H20Cl2N2O3. The van der Waals surface area contributed by atoms with Crippen LogP contribution in [-0.4, -0.2) is 18.9 Å². The lowest BCUT2D eigenvalue weighted by molar-refractivity contribution is -0.138. The van der Waals surface area contributed by atoms with Gasteiger partial charge in [0, 0.05) is 16.6 Å². The molecule has 26 heavy (non-hydrogen) atoms. The summed E-state index contributed by atoms with van der Waals surface area (Å²) in [5, 5.41) is 6.44. The van der Waals surface area contributed by atoms with Crippen molar-refractivity contribution in [1.82, 2.24) is 5.32 Å². The molecule has 0 fully saturated rings. The molecule has 0 aliphatic heterocycles. The Bertz CT molecular complexity index is 822. The summed E-state index contributed by atoms with van der Waals surface area (Å²) in [6, 6.07) is 12.1. The van der Waals surface area contributed by atoms with Gasteiger partial charge in [-0.15, -0.1) is 0 Å². The molecule has 0 heterocycles. The molecule has 5 nitrogen and oxygen atoms in total. The molecule has 2 rings (SSSR count). The first-order chi connectivity index (χ1) is 12.3. The highest BCUT2D eigenvalue weighted by molar-refractivity contribution is 6.31. The van der Waals surface area contributed by atoms with E-state index in [1.165, 1.54) is 7.11 Å². The van der Waals surface area contributed by atoms with Crippen LogP contribution in [0, 0.1) is 5.41 Å². The number of ether oxygens (including phenoxy) is 1. The SMILES string of the molecule is COc1ccc(Cl)cc1NC(=O)C(C)(C)C(=O)NCc1ccccc1Cl. The van der Waals surface area contributed by atoms with Crippen LogP contribution < -0.4 is 15.4 Å². The fraction of sp³-hybridized carbons (Fsp3) is 0.263. The number of anilines is 1. The van der Waals surface area contributed by atoms with Gasteiger partial charge < -0.3 is 15.4 Å². The van der Waals surface area contributed by atoms with E-state index in [0.29, 0.717) is 21.5 Å². The van der Waals surface area contributed by atoms with E-state index in [2.05, 4.69) is 10.6 Å². The largest absolute Gasteiger partial charge is 0.495 e. The van der Waals surface area contributed by atoms with Crippen molar-refractivity contribution in [2.45, 2.75) is 20.4 Å². The first-order valence-electron chi connectivity index (χ1n) is 7.92. The molecule has 0 spiro atoms. The maximum atomic E-state index is 12.6. The van der Waals surface area contributed by atoms with E-state index < -0.39 is 17.2 Å². The van der Waals surface area contributed by atoms with Crippen molar-refractivity contribution in [3.8, 4) is 5.75 Å². The third-order valence-electron chi connectivity index (χ3n) is 3.94. The molecule has 2 amide bonds. The van der Waals surface area contributed by atoms with Crippen LogP contribution in [0.5, 0.6) is 5.75 Å². The normalized spacial score (nSPS) is 11.0. The van der Waals surface area contributed by atoms with Crippen LogP contribution in [-0.2, 0) is 16.1 Å². The number of hydrogen-bond acceptors (Lipinski definition) is 3. The van der Waals surface area contributed by atoms with Gasteiger partial charge in [-0.05, 0) is 43.7 Å². The molecule has 2 N–H and O–H groups in total. The highest BCUT2D eigenvalue weighted by Crippen LogP contribution is 2.29. The van der Waals surface area contributed by atoms with Crippen molar-refractivity contribution in [2.75, 3.05) is 12.4 Å². The number of rotatable bonds is 6. The molecule has 0 aliphatic rings. The van der Waals surface area contributed by atoms with Crippen molar-refractivity contribution in [3.05, 3.63) is 58.1 Å². The van der Waals surface area contributed by atoms with E-state index in [4.69, 9.17) is 27.9 Å². The minimum absolute atomic E-state index is 0.232. The number of carbonyl (C=O) groups excluding carboxylic acids is 2. The van der Waals surface area contributed by atoms with Crippen molar-refractivity contribution in [2.24, 2.45) is 5.41 Å². The number of hydrogen-bond donors (Lipinski definition) is 2. The fourth-order valence-corrected chi connectivity index (χ4v) is 2.57. The lowest BCUT2D eigenvalue weighted by atomic mass is 9.90. The molecular weight excluding hydrogens is 375 g/mol. The Morgan fingerprint density at radius 1 is 1.08 bits per heavy atom. The Labute approximate surface area is 162 Å². The lowest BCUT2D eigenvalue weighted by Crippen LogP contribution is -2.44. The zero-order valence-electron chi connectivity index (χ0n) is 14.7. The molecule has 2 aromatic carbocycles. The van der Waals surface area contributed by atoms with Crippen molar-refractivity contribution in [1.29, 1.82) is 0 Å². The second-order valence-electron chi connectivity index (χ2n) is 6.20. The first-order valence-corrected chi connectivity index (χ1v) is 8.68. The van der Waals surface area contributed by atoms with Gasteiger partial charge in [0.05, 0.1) is 12.8 Å². The van der Waals surface area contributed by atoms with Crippen LogP contribution in [0.4, 0.5) is 5.69 Å². The number of nitrogens with one attached hydrogen (secondary N) is 2. The molecule has 0 radical (unpaired) electrons. The van der Waals surface area contributed by atoms with Gasteiger partial charge in [0.25, 0.3) is 0 Å². The Hall–Kier alpha value is -2.24. The monoisotopic (exact) mass is 394 g/mol. The quantitative estimate of drug-likeness (QED) is 0.718.